The van der Waals surface area contributed by atoms with E-state index in [0.29, 0.717) is 17.5 Å². The number of hydrogen-bond acceptors (Lipinski definition) is 2. The minimum absolute atomic E-state index is 0.216. The van der Waals surface area contributed by atoms with Crippen molar-refractivity contribution >= 4 is 11.6 Å². The van der Waals surface area contributed by atoms with E-state index < -0.39 is 0 Å². The first kappa shape index (κ1) is 13.7. The molecule has 3 atom stereocenters. The standard InChI is InChI=1S/C15H22ClNO/c1-2-11-7-8-12(10-17)15(9-11)18-14-6-4-3-5-13(14)16/h3-6,11-12,15H,2,7-10,17H2,1H3. The highest BCUT2D eigenvalue weighted by Gasteiger charge is 2.30. The van der Waals surface area contributed by atoms with E-state index in [1.807, 2.05) is 24.3 Å². The molecule has 0 heterocycles. The van der Waals surface area contributed by atoms with Gasteiger partial charge in [0.05, 0.1) is 5.02 Å². The highest BCUT2D eigenvalue weighted by molar-refractivity contribution is 6.32. The van der Waals surface area contributed by atoms with Crippen LogP contribution in [0.1, 0.15) is 32.6 Å². The molecule has 18 heavy (non-hydrogen) atoms. The number of benzene rings is 1. The van der Waals surface area contributed by atoms with Crippen molar-refractivity contribution in [3.63, 3.8) is 0 Å². The third-order valence-electron chi connectivity index (χ3n) is 4.03. The van der Waals surface area contributed by atoms with Crippen molar-refractivity contribution in [1.29, 1.82) is 0 Å². The Morgan fingerprint density at radius 2 is 2.11 bits per heavy atom. The Morgan fingerprint density at radius 3 is 2.78 bits per heavy atom. The van der Waals surface area contributed by atoms with E-state index in [1.54, 1.807) is 0 Å². The Bertz CT molecular complexity index is 383. The lowest BCUT2D eigenvalue weighted by Crippen LogP contribution is -2.38. The normalized spacial score (nSPS) is 28.1. The largest absolute Gasteiger partial charge is 0.489 e. The van der Waals surface area contributed by atoms with Gasteiger partial charge in [-0.25, -0.2) is 0 Å². The molecule has 0 aliphatic heterocycles. The predicted molar refractivity (Wildman–Crippen MR) is 76.0 cm³/mol. The van der Waals surface area contributed by atoms with Gasteiger partial charge in [-0.15, -0.1) is 0 Å². The molecular formula is C15H22ClNO. The second-order valence-corrected chi connectivity index (χ2v) is 5.58. The SMILES string of the molecule is CCC1CCC(CN)C(Oc2ccccc2Cl)C1. The van der Waals surface area contributed by atoms with Crippen molar-refractivity contribution in [2.24, 2.45) is 17.6 Å². The summed E-state index contributed by atoms with van der Waals surface area (Å²) < 4.78 is 6.11. The molecule has 3 unspecified atom stereocenters. The summed E-state index contributed by atoms with van der Waals surface area (Å²) >= 11 is 6.15. The van der Waals surface area contributed by atoms with Crippen LogP contribution < -0.4 is 10.5 Å². The summed E-state index contributed by atoms with van der Waals surface area (Å²) in [6.07, 6.45) is 4.99. The molecule has 0 radical (unpaired) electrons. The molecule has 100 valence electrons. The molecule has 1 aromatic carbocycles. The molecule has 1 aliphatic carbocycles. The summed E-state index contributed by atoms with van der Waals surface area (Å²) in [4.78, 5) is 0. The summed E-state index contributed by atoms with van der Waals surface area (Å²) in [5.41, 5.74) is 5.86. The summed E-state index contributed by atoms with van der Waals surface area (Å²) in [6.45, 7) is 2.95. The Hall–Kier alpha value is -0.730. The maximum atomic E-state index is 6.15. The van der Waals surface area contributed by atoms with Gasteiger partial charge in [-0.3, -0.25) is 0 Å². The van der Waals surface area contributed by atoms with Crippen LogP contribution in [0.3, 0.4) is 0 Å². The van der Waals surface area contributed by atoms with E-state index in [1.165, 1.54) is 19.3 Å². The zero-order chi connectivity index (χ0) is 13.0. The van der Waals surface area contributed by atoms with Gasteiger partial charge in [-0.2, -0.15) is 0 Å². The fourth-order valence-electron chi connectivity index (χ4n) is 2.76. The molecule has 0 amide bonds. The highest BCUT2D eigenvalue weighted by Crippen LogP contribution is 2.35. The van der Waals surface area contributed by atoms with Gasteiger partial charge in [-0.05, 0) is 43.9 Å². The van der Waals surface area contributed by atoms with Crippen molar-refractivity contribution in [3.05, 3.63) is 29.3 Å². The van der Waals surface area contributed by atoms with E-state index in [4.69, 9.17) is 22.1 Å². The number of para-hydroxylation sites is 1. The van der Waals surface area contributed by atoms with Crippen molar-refractivity contribution in [2.75, 3.05) is 6.54 Å². The Kier molecular flexibility index (Phi) is 4.90. The Balaban J connectivity index is 2.07. The third-order valence-corrected chi connectivity index (χ3v) is 4.34. The summed E-state index contributed by atoms with van der Waals surface area (Å²) in [6, 6.07) is 7.68. The number of halogens is 1. The van der Waals surface area contributed by atoms with Crippen LogP contribution in [-0.4, -0.2) is 12.6 Å². The van der Waals surface area contributed by atoms with Gasteiger partial charge in [0, 0.05) is 5.92 Å². The minimum Gasteiger partial charge on any atom is -0.489 e. The molecule has 2 rings (SSSR count). The first-order chi connectivity index (χ1) is 8.74. The van der Waals surface area contributed by atoms with E-state index in [2.05, 4.69) is 6.92 Å². The van der Waals surface area contributed by atoms with Gasteiger partial charge in [-0.1, -0.05) is 37.1 Å². The lowest BCUT2D eigenvalue weighted by Gasteiger charge is -2.35. The summed E-state index contributed by atoms with van der Waals surface area (Å²) in [5.74, 6) is 2.02. The predicted octanol–water partition coefficient (Wildman–Crippen LogP) is 3.87. The average Bonchev–Trinajstić information content (AvgIpc) is 2.41. The third kappa shape index (κ3) is 3.18. The fourth-order valence-corrected chi connectivity index (χ4v) is 2.94. The van der Waals surface area contributed by atoms with Crippen LogP contribution >= 0.6 is 11.6 Å². The summed E-state index contributed by atoms with van der Waals surface area (Å²) in [7, 11) is 0. The number of rotatable bonds is 4. The minimum atomic E-state index is 0.216. The van der Waals surface area contributed by atoms with Gasteiger partial charge in [0.1, 0.15) is 11.9 Å². The van der Waals surface area contributed by atoms with Gasteiger partial charge >= 0.3 is 0 Å². The first-order valence-corrected chi connectivity index (χ1v) is 7.23. The molecule has 2 nitrogen and oxygen atoms in total. The van der Waals surface area contributed by atoms with E-state index in [9.17, 15) is 0 Å². The first-order valence-electron chi connectivity index (χ1n) is 6.85. The van der Waals surface area contributed by atoms with Crippen molar-refractivity contribution in [3.8, 4) is 5.75 Å². The highest BCUT2D eigenvalue weighted by atomic mass is 35.5. The zero-order valence-corrected chi connectivity index (χ0v) is 11.7. The maximum absolute atomic E-state index is 6.15. The van der Waals surface area contributed by atoms with Crippen LogP contribution in [0.2, 0.25) is 5.02 Å². The van der Waals surface area contributed by atoms with Crippen molar-refractivity contribution in [2.45, 2.75) is 38.7 Å². The Labute approximate surface area is 114 Å². The second-order valence-electron chi connectivity index (χ2n) is 5.17. The molecular weight excluding hydrogens is 246 g/mol. The van der Waals surface area contributed by atoms with Crippen LogP contribution in [0.25, 0.3) is 0 Å². The lowest BCUT2D eigenvalue weighted by molar-refractivity contribution is 0.0685. The number of ether oxygens (including phenoxy) is 1. The van der Waals surface area contributed by atoms with Crippen LogP contribution in [0, 0.1) is 11.8 Å². The van der Waals surface area contributed by atoms with Crippen LogP contribution in [0.5, 0.6) is 5.75 Å². The van der Waals surface area contributed by atoms with E-state index in [-0.39, 0.29) is 6.10 Å². The molecule has 1 aromatic rings. The van der Waals surface area contributed by atoms with Gasteiger partial charge in [0.2, 0.25) is 0 Å². The van der Waals surface area contributed by atoms with Crippen molar-refractivity contribution < 1.29 is 4.74 Å². The van der Waals surface area contributed by atoms with Gasteiger partial charge < -0.3 is 10.5 Å². The zero-order valence-electron chi connectivity index (χ0n) is 10.9. The van der Waals surface area contributed by atoms with Crippen LogP contribution in [0.15, 0.2) is 24.3 Å². The molecule has 1 fully saturated rings. The molecule has 3 heteroatoms. The van der Waals surface area contributed by atoms with Gasteiger partial charge in [0.15, 0.2) is 0 Å². The van der Waals surface area contributed by atoms with E-state index in [0.717, 1.165) is 18.1 Å². The molecule has 0 aromatic heterocycles. The lowest BCUT2D eigenvalue weighted by atomic mass is 9.78. The van der Waals surface area contributed by atoms with Crippen LogP contribution in [-0.2, 0) is 0 Å². The Morgan fingerprint density at radius 1 is 1.33 bits per heavy atom. The average molecular weight is 268 g/mol. The quantitative estimate of drug-likeness (QED) is 0.899. The maximum Gasteiger partial charge on any atom is 0.138 e. The molecule has 0 bridgehead atoms. The summed E-state index contributed by atoms with van der Waals surface area (Å²) in [5, 5.41) is 0.687. The second kappa shape index (κ2) is 6.44. The molecule has 1 saturated carbocycles. The monoisotopic (exact) mass is 267 g/mol. The van der Waals surface area contributed by atoms with Crippen LogP contribution in [0.4, 0.5) is 0 Å². The number of hydrogen-bond donors (Lipinski definition) is 1. The topological polar surface area (TPSA) is 35.2 Å². The van der Waals surface area contributed by atoms with Gasteiger partial charge in [0.25, 0.3) is 0 Å². The fraction of sp³-hybridized carbons (Fsp3) is 0.600. The van der Waals surface area contributed by atoms with E-state index >= 15 is 0 Å². The van der Waals surface area contributed by atoms with Crippen molar-refractivity contribution in [1.82, 2.24) is 0 Å². The number of nitrogens with two attached hydrogens (primary N) is 1. The molecule has 0 spiro atoms. The molecule has 1 aliphatic rings. The smallest absolute Gasteiger partial charge is 0.138 e. The molecule has 2 N–H and O–H groups in total. The molecule has 0 saturated heterocycles.